The van der Waals surface area contributed by atoms with Crippen LogP contribution < -0.4 is 9.47 Å². The van der Waals surface area contributed by atoms with Gasteiger partial charge in [-0.05, 0) is 24.3 Å². The Hall–Kier alpha value is -3.40. The first kappa shape index (κ1) is 16.5. The molecule has 3 rings (SSSR count). The van der Waals surface area contributed by atoms with Gasteiger partial charge in [-0.1, -0.05) is 54.6 Å². The lowest BCUT2D eigenvalue weighted by Crippen LogP contribution is -2.13. The number of benzene rings is 3. The third-order valence-corrected chi connectivity index (χ3v) is 3.68. The van der Waals surface area contributed by atoms with Gasteiger partial charge in [-0.25, -0.2) is 4.79 Å². The molecule has 3 aromatic rings. The van der Waals surface area contributed by atoms with Crippen molar-refractivity contribution in [3.8, 4) is 11.5 Å². The lowest BCUT2D eigenvalue weighted by atomic mass is 10.0. The van der Waals surface area contributed by atoms with Gasteiger partial charge < -0.3 is 9.47 Å². The molecule has 4 nitrogen and oxygen atoms in total. The minimum Gasteiger partial charge on any atom is -0.493 e. The maximum Gasteiger partial charge on any atom is 0.343 e. The maximum absolute atomic E-state index is 12.8. The summed E-state index contributed by atoms with van der Waals surface area (Å²) in [6.07, 6.45) is 0. The first-order valence-electron chi connectivity index (χ1n) is 7.74. The molecule has 0 saturated heterocycles. The summed E-state index contributed by atoms with van der Waals surface area (Å²) in [4.78, 5) is 25.2. The Balaban J connectivity index is 2.00. The van der Waals surface area contributed by atoms with Gasteiger partial charge in [0.2, 0.25) is 0 Å². The summed E-state index contributed by atoms with van der Waals surface area (Å²) in [5, 5.41) is 0. The Morgan fingerprint density at radius 1 is 0.720 bits per heavy atom. The molecule has 0 saturated carbocycles. The molecule has 0 aromatic heterocycles. The van der Waals surface area contributed by atoms with Crippen molar-refractivity contribution >= 4 is 11.8 Å². The Labute approximate surface area is 145 Å². The summed E-state index contributed by atoms with van der Waals surface area (Å²) in [5.74, 6) is -0.346. The predicted molar refractivity (Wildman–Crippen MR) is 94.3 cm³/mol. The molecular formula is C21H16O4. The van der Waals surface area contributed by atoms with E-state index in [2.05, 4.69) is 0 Å². The van der Waals surface area contributed by atoms with E-state index in [0.717, 1.165) is 0 Å². The van der Waals surface area contributed by atoms with Crippen LogP contribution in [0.5, 0.6) is 11.5 Å². The van der Waals surface area contributed by atoms with Crippen LogP contribution in [0.25, 0.3) is 0 Å². The number of carbonyl (C=O) groups excluding carboxylic acids is 2. The molecule has 25 heavy (non-hydrogen) atoms. The SMILES string of the molecule is COc1cccc(C(=O)c2ccccc2)c1OC(=O)c1ccccc1. The predicted octanol–water partition coefficient (Wildman–Crippen LogP) is 4.15. The molecule has 0 amide bonds. The summed E-state index contributed by atoms with van der Waals surface area (Å²) >= 11 is 0. The molecule has 0 bridgehead atoms. The van der Waals surface area contributed by atoms with E-state index in [1.54, 1.807) is 66.7 Å². The number of rotatable bonds is 5. The third kappa shape index (κ3) is 3.58. The van der Waals surface area contributed by atoms with E-state index in [1.807, 2.05) is 12.1 Å². The number of hydrogen-bond acceptors (Lipinski definition) is 4. The van der Waals surface area contributed by atoms with Gasteiger partial charge in [0.1, 0.15) is 0 Å². The molecule has 0 radical (unpaired) electrons. The molecule has 0 fully saturated rings. The van der Waals surface area contributed by atoms with Gasteiger partial charge in [-0.2, -0.15) is 0 Å². The number of esters is 1. The number of ether oxygens (including phenoxy) is 2. The second-order valence-corrected chi connectivity index (χ2v) is 5.29. The standard InChI is InChI=1S/C21H16O4/c1-24-18-14-8-13-17(19(22)15-9-4-2-5-10-15)20(18)25-21(23)16-11-6-3-7-12-16/h2-14H,1H3. The van der Waals surface area contributed by atoms with Crippen LogP contribution in [-0.4, -0.2) is 18.9 Å². The Kier molecular flexibility index (Phi) is 4.90. The van der Waals surface area contributed by atoms with Crippen LogP contribution in [0.2, 0.25) is 0 Å². The summed E-state index contributed by atoms with van der Waals surface area (Å²) in [7, 11) is 1.46. The topological polar surface area (TPSA) is 52.6 Å². The molecule has 4 heteroatoms. The van der Waals surface area contributed by atoms with Gasteiger partial charge in [-0.3, -0.25) is 4.79 Å². The van der Waals surface area contributed by atoms with E-state index >= 15 is 0 Å². The van der Waals surface area contributed by atoms with E-state index in [-0.39, 0.29) is 17.1 Å². The molecule has 124 valence electrons. The minimum absolute atomic E-state index is 0.118. The van der Waals surface area contributed by atoms with Crippen LogP contribution in [0, 0.1) is 0 Å². The van der Waals surface area contributed by atoms with Crippen molar-refractivity contribution in [2.75, 3.05) is 7.11 Å². The number of hydrogen-bond donors (Lipinski definition) is 0. The normalized spacial score (nSPS) is 10.1. The molecule has 0 aliphatic heterocycles. The van der Waals surface area contributed by atoms with E-state index in [1.165, 1.54) is 7.11 Å². The van der Waals surface area contributed by atoms with Gasteiger partial charge in [0.05, 0.1) is 18.2 Å². The maximum atomic E-state index is 12.8. The molecule has 0 atom stereocenters. The summed E-state index contributed by atoms with van der Waals surface area (Å²) in [5.41, 5.74) is 1.18. The average molecular weight is 332 g/mol. The molecule has 3 aromatic carbocycles. The summed E-state index contributed by atoms with van der Waals surface area (Å²) < 4.78 is 10.8. The van der Waals surface area contributed by atoms with Crippen molar-refractivity contribution in [1.82, 2.24) is 0 Å². The molecule has 0 N–H and O–H groups in total. The first-order chi connectivity index (χ1) is 12.2. The van der Waals surface area contributed by atoms with Crippen molar-refractivity contribution in [2.45, 2.75) is 0 Å². The quantitative estimate of drug-likeness (QED) is 0.400. The highest BCUT2D eigenvalue weighted by molar-refractivity contribution is 6.11. The number of para-hydroxylation sites is 1. The number of methoxy groups -OCH3 is 1. The number of ketones is 1. The summed E-state index contributed by atoms with van der Waals surface area (Å²) in [6.45, 7) is 0. The Bertz CT molecular complexity index is 886. The second kappa shape index (κ2) is 7.45. The van der Waals surface area contributed by atoms with Crippen LogP contribution >= 0.6 is 0 Å². The Morgan fingerprint density at radius 3 is 1.92 bits per heavy atom. The molecule has 0 unspecified atom stereocenters. The van der Waals surface area contributed by atoms with Gasteiger partial charge in [0.15, 0.2) is 17.3 Å². The van der Waals surface area contributed by atoms with Gasteiger partial charge in [0.25, 0.3) is 0 Å². The zero-order valence-electron chi connectivity index (χ0n) is 13.6. The lowest BCUT2D eigenvalue weighted by molar-refractivity contribution is 0.0727. The monoisotopic (exact) mass is 332 g/mol. The van der Waals surface area contributed by atoms with Crippen molar-refractivity contribution in [3.05, 3.63) is 95.6 Å². The third-order valence-electron chi connectivity index (χ3n) is 3.68. The fourth-order valence-electron chi connectivity index (χ4n) is 2.43. The second-order valence-electron chi connectivity index (χ2n) is 5.29. The van der Waals surface area contributed by atoms with Crippen LogP contribution in [0.3, 0.4) is 0 Å². The van der Waals surface area contributed by atoms with Crippen molar-refractivity contribution in [2.24, 2.45) is 0 Å². The van der Waals surface area contributed by atoms with Crippen molar-refractivity contribution in [3.63, 3.8) is 0 Å². The van der Waals surface area contributed by atoms with Crippen molar-refractivity contribution < 1.29 is 19.1 Å². The summed E-state index contributed by atoms with van der Waals surface area (Å²) in [6, 6.07) is 22.4. The minimum atomic E-state index is -0.549. The van der Waals surface area contributed by atoms with E-state index in [9.17, 15) is 9.59 Å². The largest absolute Gasteiger partial charge is 0.493 e. The van der Waals surface area contributed by atoms with Crippen LogP contribution in [0.1, 0.15) is 26.3 Å². The molecular weight excluding hydrogens is 316 g/mol. The molecule has 0 aliphatic rings. The fourth-order valence-corrected chi connectivity index (χ4v) is 2.43. The first-order valence-corrected chi connectivity index (χ1v) is 7.74. The molecule has 0 spiro atoms. The zero-order chi connectivity index (χ0) is 17.6. The van der Waals surface area contributed by atoms with Crippen LogP contribution in [0.15, 0.2) is 78.9 Å². The molecule has 0 aliphatic carbocycles. The highest BCUT2D eigenvalue weighted by atomic mass is 16.6. The van der Waals surface area contributed by atoms with Crippen molar-refractivity contribution in [1.29, 1.82) is 0 Å². The van der Waals surface area contributed by atoms with E-state index in [0.29, 0.717) is 16.9 Å². The van der Waals surface area contributed by atoms with E-state index < -0.39 is 5.97 Å². The van der Waals surface area contributed by atoms with Gasteiger partial charge in [-0.15, -0.1) is 0 Å². The van der Waals surface area contributed by atoms with Crippen LogP contribution in [0.4, 0.5) is 0 Å². The Morgan fingerprint density at radius 2 is 1.32 bits per heavy atom. The smallest absolute Gasteiger partial charge is 0.343 e. The number of carbonyl (C=O) groups is 2. The fraction of sp³-hybridized carbons (Fsp3) is 0.0476. The van der Waals surface area contributed by atoms with E-state index in [4.69, 9.17) is 9.47 Å². The zero-order valence-corrected chi connectivity index (χ0v) is 13.6. The van der Waals surface area contributed by atoms with Crippen LogP contribution in [-0.2, 0) is 0 Å². The highest BCUT2D eigenvalue weighted by Gasteiger charge is 2.21. The molecule has 0 heterocycles. The van der Waals surface area contributed by atoms with Gasteiger partial charge >= 0.3 is 5.97 Å². The average Bonchev–Trinajstić information content (AvgIpc) is 2.69. The highest BCUT2D eigenvalue weighted by Crippen LogP contribution is 2.33. The van der Waals surface area contributed by atoms with Gasteiger partial charge in [0, 0.05) is 5.56 Å². The lowest BCUT2D eigenvalue weighted by Gasteiger charge is -2.13.